The van der Waals surface area contributed by atoms with E-state index in [0.29, 0.717) is 21.8 Å². The maximum atomic E-state index is 12.4. The summed E-state index contributed by atoms with van der Waals surface area (Å²) in [6, 6.07) is 16.5. The summed E-state index contributed by atoms with van der Waals surface area (Å²) in [5.41, 5.74) is 1.92. The number of amides is 1. The minimum absolute atomic E-state index is 0.115. The van der Waals surface area contributed by atoms with Crippen LogP contribution in [-0.2, 0) is 4.74 Å². The number of nitrogens with one attached hydrogen (secondary N) is 1. The van der Waals surface area contributed by atoms with Gasteiger partial charge in [0.25, 0.3) is 0 Å². The number of benzene rings is 2. The van der Waals surface area contributed by atoms with E-state index in [1.807, 2.05) is 43.3 Å². The van der Waals surface area contributed by atoms with Gasteiger partial charge in [-0.05, 0) is 36.2 Å². The van der Waals surface area contributed by atoms with Gasteiger partial charge < -0.3 is 10.1 Å². The van der Waals surface area contributed by atoms with E-state index >= 15 is 0 Å². The zero-order valence-corrected chi connectivity index (χ0v) is 17.1. The van der Waals surface area contributed by atoms with Gasteiger partial charge in [0.05, 0.1) is 16.1 Å². The molecule has 1 amide bonds. The molecule has 2 heterocycles. The Hall–Kier alpha value is -2.83. The molecule has 1 aromatic heterocycles. The van der Waals surface area contributed by atoms with Gasteiger partial charge in [-0.3, -0.25) is 4.90 Å². The van der Waals surface area contributed by atoms with E-state index in [4.69, 9.17) is 27.9 Å². The number of cyclic esters (lactones) is 1. The molecule has 3 aromatic rings. The highest BCUT2D eigenvalue weighted by atomic mass is 35.5. The van der Waals surface area contributed by atoms with E-state index in [1.54, 1.807) is 29.3 Å². The van der Waals surface area contributed by atoms with Crippen molar-refractivity contribution in [3.05, 3.63) is 82.0 Å². The first-order chi connectivity index (χ1) is 14.0. The molecule has 4 rings (SSSR count). The second kappa shape index (κ2) is 8.27. The van der Waals surface area contributed by atoms with E-state index in [0.717, 1.165) is 11.1 Å². The molecule has 0 saturated carbocycles. The molecule has 8 heteroatoms. The third-order valence-corrected chi connectivity index (χ3v) is 5.47. The van der Waals surface area contributed by atoms with Crippen molar-refractivity contribution in [2.75, 3.05) is 16.8 Å². The Kier molecular flexibility index (Phi) is 5.56. The summed E-state index contributed by atoms with van der Waals surface area (Å²) in [7, 11) is 0. The van der Waals surface area contributed by atoms with Crippen molar-refractivity contribution in [3.8, 4) is 0 Å². The zero-order valence-electron chi connectivity index (χ0n) is 15.5. The molecule has 0 spiro atoms. The van der Waals surface area contributed by atoms with Crippen LogP contribution in [0.3, 0.4) is 0 Å². The highest BCUT2D eigenvalue weighted by Gasteiger charge is 2.36. The van der Waals surface area contributed by atoms with Crippen molar-refractivity contribution in [2.24, 2.45) is 0 Å². The summed E-state index contributed by atoms with van der Waals surface area (Å²) in [4.78, 5) is 22.7. The lowest BCUT2D eigenvalue weighted by Gasteiger charge is -2.21. The normalized spacial score (nSPS) is 17.1. The largest absolute Gasteiger partial charge is 0.447 e. The lowest BCUT2D eigenvalue weighted by atomic mass is 10.1. The van der Waals surface area contributed by atoms with Crippen molar-refractivity contribution in [1.29, 1.82) is 0 Å². The Bertz CT molecular complexity index is 1030. The number of hydrogen-bond donors (Lipinski definition) is 1. The summed E-state index contributed by atoms with van der Waals surface area (Å²) in [5, 5.41) is 4.22. The summed E-state index contributed by atoms with van der Waals surface area (Å²) in [6.45, 7) is 2.24. The first-order valence-electron chi connectivity index (χ1n) is 9.08. The van der Waals surface area contributed by atoms with Gasteiger partial charge in [-0.2, -0.15) is 4.98 Å². The molecule has 29 heavy (non-hydrogen) atoms. The van der Waals surface area contributed by atoms with Crippen LogP contribution in [0.5, 0.6) is 0 Å². The molecule has 1 aliphatic heterocycles. The lowest BCUT2D eigenvalue weighted by molar-refractivity contribution is 0.179. The number of ether oxygens (including phenoxy) is 1. The Labute approximate surface area is 178 Å². The van der Waals surface area contributed by atoms with E-state index in [9.17, 15) is 4.79 Å². The van der Waals surface area contributed by atoms with Crippen LogP contribution < -0.4 is 10.2 Å². The highest BCUT2D eigenvalue weighted by Crippen LogP contribution is 2.32. The van der Waals surface area contributed by atoms with Crippen LogP contribution in [0.4, 0.5) is 16.6 Å². The van der Waals surface area contributed by atoms with Gasteiger partial charge in [0, 0.05) is 6.20 Å². The van der Waals surface area contributed by atoms with Gasteiger partial charge in [0.15, 0.2) is 0 Å². The Morgan fingerprint density at radius 1 is 1.14 bits per heavy atom. The standard InChI is InChI=1S/C21H18Cl2N4O2/c1-13(15-7-8-16(22)17(23)11-15)25-20-24-10-9-19(26-20)27-18(12-29-21(27)28)14-5-3-2-4-6-14/h2-11,13,18H,12H2,1H3,(H,24,25,26)/t13?,18-/m0/s1. The monoisotopic (exact) mass is 428 g/mol. The molecule has 2 atom stereocenters. The number of rotatable bonds is 5. The fraction of sp³-hybridized carbons (Fsp3) is 0.190. The van der Waals surface area contributed by atoms with Gasteiger partial charge in [0.1, 0.15) is 18.5 Å². The van der Waals surface area contributed by atoms with Crippen LogP contribution in [-0.4, -0.2) is 22.7 Å². The summed E-state index contributed by atoms with van der Waals surface area (Å²) in [5.74, 6) is 0.868. The van der Waals surface area contributed by atoms with Crippen molar-refractivity contribution >= 4 is 41.1 Å². The maximum Gasteiger partial charge on any atom is 0.416 e. The number of aromatic nitrogens is 2. The first-order valence-corrected chi connectivity index (χ1v) is 9.84. The van der Waals surface area contributed by atoms with Crippen LogP contribution in [0.2, 0.25) is 10.0 Å². The first kappa shape index (κ1) is 19.5. The highest BCUT2D eigenvalue weighted by molar-refractivity contribution is 6.42. The Morgan fingerprint density at radius 2 is 1.93 bits per heavy atom. The van der Waals surface area contributed by atoms with Gasteiger partial charge in [-0.15, -0.1) is 0 Å². The minimum Gasteiger partial charge on any atom is -0.447 e. The molecule has 0 radical (unpaired) electrons. The van der Waals surface area contributed by atoms with Crippen molar-refractivity contribution in [3.63, 3.8) is 0 Å². The van der Waals surface area contributed by atoms with E-state index in [-0.39, 0.29) is 18.7 Å². The number of hydrogen-bond acceptors (Lipinski definition) is 5. The van der Waals surface area contributed by atoms with Gasteiger partial charge >= 0.3 is 6.09 Å². The molecule has 1 fully saturated rings. The Balaban J connectivity index is 1.57. The SMILES string of the molecule is CC(Nc1nccc(N2C(=O)OC[C@H]2c2ccccc2)n1)c1ccc(Cl)c(Cl)c1. The smallest absolute Gasteiger partial charge is 0.416 e. The second-order valence-corrected chi connectivity index (χ2v) is 7.47. The lowest BCUT2D eigenvalue weighted by Crippen LogP contribution is -2.28. The number of carbonyl (C=O) groups excluding carboxylic acids is 1. The maximum absolute atomic E-state index is 12.4. The molecule has 0 aliphatic carbocycles. The fourth-order valence-electron chi connectivity index (χ4n) is 3.21. The molecule has 1 N–H and O–H groups in total. The van der Waals surface area contributed by atoms with Gasteiger partial charge in [0.2, 0.25) is 5.95 Å². The molecule has 1 aliphatic rings. The fourth-order valence-corrected chi connectivity index (χ4v) is 3.51. The summed E-state index contributed by atoms with van der Waals surface area (Å²) in [6.07, 6.45) is 1.18. The average molecular weight is 429 g/mol. The topological polar surface area (TPSA) is 67.4 Å². The number of halogens is 2. The molecular weight excluding hydrogens is 411 g/mol. The Morgan fingerprint density at radius 3 is 2.69 bits per heavy atom. The second-order valence-electron chi connectivity index (χ2n) is 6.65. The minimum atomic E-state index is -0.430. The quantitative estimate of drug-likeness (QED) is 0.567. The molecule has 1 unspecified atom stereocenters. The van der Waals surface area contributed by atoms with Gasteiger partial charge in [-0.25, -0.2) is 9.78 Å². The van der Waals surface area contributed by atoms with Crippen molar-refractivity contribution in [1.82, 2.24) is 9.97 Å². The van der Waals surface area contributed by atoms with Crippen LogP contribution in [0.15, 0.2) is 60.8 Å². The number of anilines is 2. The molecule has 1 saturated heterocycles. The molecule has 148 valence electrons. The van der Waals surface area contributed by atoms with Gasteiger partial charge in [-0.1, -0.05) is 59.6 Å². The predicted octanol–water partition coefficient (Wildman–Crippen LogP) is 5.65. The van der Waals surface area contributed by atoms with Crippen molar-refractivity contribution in [2.45, 2.75) is 19.0 Å². The third kappa shape index (κ3) is 4.13. The van der Waals surface area contributed by atoms with Crippen LogP contribution in [0.1, 0.15) is 30.1 Å². The van der Waals surface area contributed by atoms with E-state index in [1.165, 1.54) is 0 Å². The number of carbonyl (C=O) groups is 1. The average Bonchev–Trinajstić information content (AvgIpc) is 3.12. The van der Waals surface area contributed by atoms with Crippen LogP contribution in [0, 0.1) is 0 Å². The van der Waals surface area contributed by atoms with E-state index in [2.05, 4.69) is 15.3 Å². The predicted molar refractivity (Wildman–Crippen MR) is 114 cm³/mol. The summed E-state index contributed by atoms with van der Waals surface area (Å²) >= 11 is 12.1. The molecule has 6 nitrogen and oxygen atoms in total. The summed E-state index contributed by atoms with van der Waals surface area (Å²) < 4.78 is 5.28. The zero-order chi connectivity index (χ0) is 20.4. The molecule has 2 aromatic carbocycles. The van der Waals surface area contributed by atoms with E-state index < -0.39 is 6.09 Å². The third-order valence-electron chi connectivity index (χ3n) is 4.73. The van der Waals surface area contributed by atoms with Crippen LogP contribution in [0.25, 0.3) is 0 Å². The number of nitrogens with zero attached hydrogens (tertiary/aromatic N) is 3. The van der Waals surface area contributed by atoms with Crippen molar-refractivity contribution < 1.29 is 9.53 Å². The van der Waals surface area contributed by atoms with Crippen LogP contribution >= 0.6 is 23.2 Å². The molecule has 0 bridgehead atoms. The molecular formula is C21H18Cl2N4O2.